The van der Waals surface area contributed by atoms with E-state index in [1.54, 1.807) is 0 Å². The highest BCUT2D eigenvalue weighted by molar-refractivity contribution is 8.16. The lowest BCUT2D eigenvalue weighted by atomic mass is 9.83. The number of nitrogens with zero attached hydrogens (tertiary/aromatic N) is 1. The van der Waals surface area contributed by atoms with Crippen LogP contribution in [0.3, 0.4) is 0 Å². The van der Waals surface area contributed by atoms with Crippen molar-refractivity contribution in [3.63, 3.8) is 0 Å². The zero-order chi connectivity index (χ0) is 12.5. The first-order valence-electron chi connectivity index (χ1n) is 5.81. The van der Waals surface area contributed by atoms with E-state index in [-0.39, 0.29) is 0 Å². The largest absolute Gasteiger partial charge is 0.244 e. The number of aromatic nitrogens is 1. The molecule has 0 unspecified atom stereocenters. The third kappa shape index (κ3) is 3.55. The Labute approximate surface area is 117 Å². The van der Waals surface area contributed by atoms with Crippen molar-refractivity contribution in [2.75, 3.05) is 11.5 Å². The van der Waals surface area contributed by atoms with E-state index in [4.69, 9.17) is 11.6 Å². The van der Waals surface area contributed by atoms with Crippen molar-refractivity contribution >= 4 is 35.1 Å². The molecule has 1 aliphatic rings. The van der Waals surface area contributed by atoms with Gasteiger partial charge in [-0.15, -0.1) is 23.5 Å². The van der Waals surface area contributed by atoms with Gasteiger partial charge < -0.3 is 0 Å². The Kier molecular flexibility index (Phi) is 4.32. The van der Waals surface area contributed by atoms with E-state index < -0.39 is 0 Å². The molecule has 0 bridgehead atoms. The molecule has 94 valence electrons. The van der Waals surface area contributed by atoms with Gasteiger partial charge in [-0.25, -0.2) is 4.98 Å². The van der Waals surface area contributed by atoms with Gasteiger partial charge in [-0.2, -0.15) is 0 Å². The molecule has 1 aliphatic heterocycles. The molecule has 2 heterocycles. The molecule has 0 radical (unpaired) electrons. The van der Waals surface area contributed by atoms with E-state index in [0.29, 0.717) is 15.2 Å². The second-order valence-electron chi connectivity index (χ2n) is 5.48. The lowest BCUT2D eigenvalue weighted by molar-refractivity contribution is 0.292. The Morgan fingerprint density at radius 3 is 2.35 bits per heavy atom. The van der Waals surface area contributed by atoms with Gasteiger partial charge in [-0.05, 0) is 34.5 Å². The van der Waals surface area contributed by atoms with E-state index in [1.807, 2.05) is 35.8 Å². The second-order valence-corrected chi connectivity index (χ2v) is 8.44. The molecule has 1 fully saturated rings. The van der Waals surface area contributed by atoms with Crippen LogP contribution in [0.15, 0.2) is 18.3 Å². The first-order valence-corrected chi connectivity index (χ1v) is 8.29. The lowest BCUT2D eigenvalue weighted by Crippen LogP contribution is -2.27. The van der Waals surface area contributed by atoms with Crippen LogP contribution in [0.25, 0.3) is 0 Å². The summed E-state index contributed by atoms with van der Waals surface area (Å²) in [4.78, 5) is 4.16. The van der Waals surface area contributed by atoms with Crippen molar-refractivity contribution in [2.24, 2.45) is 11.3 Å². The minimum atomic E-state index is 0.420. The molecular formula is C13H18ClNS2. The maximum Gasteiger partial charge on any atom is 0.129 e. The first kappa shape index (κ1) is 13.6. The zero-order valence-corrected chi connectivity index (χ0v) is 12.8. The van der Waals surface area contributed by atoms with Crippen LogP contribution < -0.4 is 0 Å². The molecule has 0 saturated carbocycles. The van der Waals surface area contributed by atoms with Gasteiger partial charge in [0.1, 0.15) is 5.15 Å². The summed E-state index contributed by atoms with van der Waals surface area (Å²) in [5.74, 6) is 3.28. The Hall–Kier alpha value is 0.140. The van der Waals surface area contributed by atoms with Crippen LogP contribution in [-0.4, -0.2) is 16.5 Å². The molecular weight excluding hydrogens is 270 g/mol. The summed E-state index contributed by atoms with van der Waals surface area (Å²) in [6.07, 6.45) is 1.91. The van der Waals surface area contributed by atoms with Crippen molar-refractivity contribution in [3.05, 3.63) is 29.0 Å². The summed E-state index contributed by atoms with van der Waals surface area (Å²) in [5.41, 5.74) is 1.71. The number of thioether (sulfide) groups is 2. The number of halogens is 1. The van der Waals surface area contributed by atoms with E-state index in [1.165, 1.54) is 17.1 Å². The molecule has 17 heavy (non-hydrogen) atoms. The zero-order valence-electron chi connectivity index (χ0n) is 10.4. The highest BCUT2D eigenvalue weighted by Crippen LogP contribution is 2.48. The Morgan fingerprint density at radius 1 is 1.24 bits per heavy atom. The number of rotatable bonds is 1. The minimum Gasteiger partial charge on any atom is -0.244 e. The summed E-state index contributed by atoms with van der Waals surface area (Å²) >= 11 is 9.88. The van der Waals surface area contributed by atoms with Gasteiger partial charge in [0.25, 0.3) is 0 Å². The third-order valence-electron chi connectivity index (χ3n) is 3.14. The molecule has 4 heteroatoms. The average Bonchev–Trinajstić information content (AvgIpc) is 2.29. The molecule has 0 aromatic carbocycles. The number of hydrogen-bond donors (Lipinski definition) is 0. The van der Waals surface area contributed by atoms with Gasteiger partial charge >= 0.3 is 0 Å². The van der Waals surface area contributed by atoms with E-state index in [0.717, 1.165) is 5.92 Å². The van der Waals surface area contributed by atoms with Crippen LogP contribution in [-0.2, 0) is 0 Å². The monoisotopic (exact) mass is 287 g/mol. The molecule has 1 saturated heterocycles. The number of pyridine rings is 1. The van der Waals surface area contributed by atoms with E-state index in [9.17, 15) is 0 Å². The van der Waals surface area contributed by atoms with Gasteiger partial charge in [0.2, 0.25) is 0 Å². The lowest BCUT2D eigenvalue weighted by Gasteiger charge is -2.36. The van der Waals surface area contributed by atoms with Crippen LogP contribution in [0.5, 0.6) is 0 Å². The molecule has 0 aliphatic carbocycles. The molecule has 0 spiro atoms. The Bertz CT molecular complexity index is 364. The molecule has 1 aromatic rings. The smallest absolute Gasteiger partial charge is 0.129 e. The quantitative estimate of drug-likeness (QED) is 0.684. The summed E-state index contributed by atoms with van der Waals surface area (Å²) < 4.78 is 0.526. The fourth-order valence-electron chi connectivity index (χ4n) is 1.72. The van der Waals surface area contributed by atoms with Crippen molar-refractivity contribution in [1.82, 2.24) is 4.98 Å². The van der Waals surface area contributed by atoms with Crippen molar-refractivity contribution < 1.29 is 0 Å². The topological polar surface area (TPSA) is 12.9 Å². The van der Waals surface area contributed by atoms with Crippen LogP contribution in [0, 0.1) is 11.3 Å². The number of hydrogen-bond acceptors (Lipinski definition) is 3. The summed E-state index contributed by atoms with van der Waals surface area (Å²) in [6, 6.07) is 3.98. The van der Waals surface area contributed by atoms with Gasteiger partial charge in [-0.3, -0.25) is 0 Å². The van der Waals surface area contributed by atoms with Crippen molar-refractivity contribution in [2.45, 2.75) is 25.4 Å². The van der Waals surface area contributed by atoms with Crippen LogP contribution in [0.2, 0.25) is 5.15 Å². The average molecular weight is 288 g/mol. The van der Waals surface area contributed by atoms with E-state index >= 15 is 0 Å². The van der Waals surface area contributed by atoms with Crippen LogP contribution in [0.4, 0.5) is 0 Å². The fraction of sp³-hybridized carbons (Fsp3) is 0.615. The predicted octanol–water partition coefficient (Wildman–Crippen LogP) is 4.88. The Balaban J connectivity index is 1.97. The third-order valence-corrected chi connectivity index (χ3v) is 6.52. The fourth-order valence-corrected chi connectivity index (χ4v) is 5.55. The van der Waals surface area contributed by atoms with E-state index in [2.05, 4.69) is 31.8 Å². The van der Waals surface area contributed by atoms with Crippen LogP contribution >= 0.6 is 35.1 Å². The standard InChI is InChI=1S/C13H18ClNS2/c1-13(2,3)10-7-16-12(17-8-10)9-4-5-11(14)15-6-9/h4-6,10,12H,7-8H2,1-3H3. The molecule has 0 atom stereocenters. The summed E-state index contributed by atoms with van der Waals surface area (Å²) in [7, 11) is 0. The molecule has 1 nitrogen and oxygen atoms in total. The summed E-state index contributed by atoms with van der Waals surface area (Å²) in [6.45, 7) is 7.01. The Morgan fingerprint density at radius 2 is 1.88 bits per heavy atom. The normalized spacial score (nSPS) is 25.9. The van der Waals surface area contributed by atoms with Crippen molar-refractivity contribution in [1.29, 1.82) is 0 Å². The first-order chi connectivity index (χ1) is 7.97. The summed E-state index contributed by atoms with van der Waals surface area (Å²) in [5, 5.41) is 0.576. The molecule has 1 aromatic heterocycles. The van der Waals surface area contributed by atoms with Gasteiger partial charge in [0.05, 0.1) is 4.58 Å². The van der Waals surface area contributed by atoms with Gasteiger partial charge in [0, 0.05) is 6.20 Å². The minimum absolute atomic E-state index is 0.420. The SMILES string of the molecule is CC(C)(C)C1CSC(c2ccc(Cl)nc2)SC1. The molecule has 2 rings (SSSR count). The maximum absolute atomic E-state index is 5.81. The second kappa shape index (κ2) is 5.41. The van der Waals surface area contributed by atoms with Gasteiger partial charge in [0.15, 0.2) is 0 Å². The maximum atomic E-state index is 5.81. The van der Waals surface area contributed by atoms with Crippen molar-refractivity contribution in [3.8, 4) is 0 Å². The van der Waals surface area contributed by atoms with Crippen LogP contribution in [0.1, 0.15) is 30.9 Å². The predicted molar refractivity (Wildman–Crippen MR) is 79.8 cm³/mol. The molecule has 0 N–H and O–H groups in total. The molecule has 0 amide bonds. The van der Waals surface area contributed by atoms with Gasteiger partial charge in [-0.1, -0.05) is 38.4 Å². The highest BCUT2D eigenvalue weighted by Gasteiger charge is 2.31. The highest BCUT2D eigenvalue weighted by atomic mass is 35.5.